The third-order valence-electron chi connectivity index (χ3n) is 15.4. The number of rotatable bonds is 4. The summed E-state index contributed by atoms with van der Waals surface area (Å²) in [6, 6.07) is 86.4. The minimum Gasteiger partial charge on any atom is -0.311 e. The van der Waals surface area contributed by atoms with Gasteiger partial charge < -0.3 is 14.0 Å². The van der Waals surface area contributed by atoms with Gasteiger partial charge in [0.05, 0.1) is 27.8 Å². The van der Waals surface area contributed by atoms with Gasteiger partial charge in [-0.2, -0.15) is 0 Å². The van der Waals surface area contributed by atoms with E-state index in [1.807, 2.05) is 0 Å². The van der Waals surface area contributed by atoms with Crippen molar-refractivity contribution in [1.82, 2.24) is 9.13 Å². The second kappa shape index (κ2) is 13.4. The van der Waals surface area contributed by atoms with E-state index in [0.29, 0.717) is 0 Å². The van der Waals surface area contributed by atoms with Crippen LogP contribution in [0.1, 0.15) is 0 Å². The van der Waals surface area contributed by atoms with Gasteiger partial charge in [0.1, 0.15) is 0 Å². The van der Waals surface area contributed by atoms with Crippen molar-refractivity contribution in [3.05, 3.63) is 231 Å². The molecule has 0 saturated heterocycles. The number of hydrogen-bond acceptors (Lipinski definition) is 1. The Morgan fingerprint density at radius 1 is 0.309 bits per heavy atom. The lowest BCUT2D eigenvalue weighted by Crippen LogP contribution is -2.60. The Balaban J connectivity index is 1.08. The number of benzene rings is 11. The lowest BCUT2D eigenvalue weighted by molar-refractivity contribution is 1.13. The molecule has 0 unspecified atom stereocenters. The number of aromatic nitrogens is 2. The molecule has 1 aliphatic carbocycles. The summed E-state index contributed by atoms with van der Waals surface area (Å²) in [6.07, 6.45) is 0. The van der Waals surface area contributed by atoms with Crippen LogP contribution in [0.3, 0.4) is 0 Å². The smallest absolute Gasteiger partial charge is 0.252 e. The van der Waals surface area contributed by atoms with E-state index >= 15 is 0 Å². The van der Waals surface area contributed by atoms with Gasteiger partial charge in [0.15, 0.2) is 0 Å². The standard InChI is InChI=1S/C64H38BN3/c1-3-14-39(15-4-1)41-26-30-44(31-27-41)66-56-34-29-43(40-16-5-2-6-17-40)36-53(56)65-52-33-32-51-47-20-8-7-19-46(47)50-23-13-18-42-28-35-57-62(60(42)50)61(51)64(52)68(57)59-38-45(37-58(66)63(59)65)67-54-24-11-9-21-48(54)49-22-10-12-25-55(49)67/h1-38H. The van der Waals surface area contributed by atoms with Crippen molar-refractivity contribution in [1.29, 1.82) is 0 Å². The molecule has 0 N–H and O–H groups in total. The SMILES string of the molecule is c1ccc(-c2ccc(N3c4ccc(-c5ccccc5)cc4B4c5c3cc(-n3c6ccccc6c6ccccc63)cc5-n3c5ccc6cccc7c6c5c5c(ccc4c53)-c3ccccc3-7)cc2)cc1. The fourth-order valence-electron chi connectivity index (χ4n) is 12.6. The third kappa shape index (κ3) is 4.73. The second-order valence-electron chi connectivity index (χ2n) is 18.8. The van der Waals surface area contributed by atoms with Gasteiger partial charge in [-0.25, -0.2) is 0 Å². The molecule has 13 aromatic rings. The summed E-state index contributed by atoms with van der Waals surface area (Å²) in [6.45, 7) is -0.0409. The van der Waals surface area contributed by atoms with E-state index in [1.54, 1.807) is 0 Å². The lowest BCUT2D eigenvalue weighted by atomic mass is 9.33. The van der Waals surface area contributed by atoms with Crippen molar-refractivity contribution >= 4 is 94.5 Å². The largest absolute Gasteiger partial charge is 0.311 e. The van der Waals surface area contributed by atoms with Crippen LogP contribution in [-0.4, -0.2) is 15.8 Å². The molecule has 11 aromatic carbocycles. The molecule has 4 heterocycles. The van der Waals surface area contributed by atoms with Gasteiger partial charge in [0.25, 0.3) is 6.71 Å². The third-order valence-corrected chi connectivity index (χ3v) is 15.4. The number of para-hydroxylation sites is 2. The molecule has 2 aliphatic heterocycles. The zero-order valence-electron chi connectivity index (χ0n) is 36.9. The van der Waals surface area contributed by atoms with Crippen LogP contribution in [-0.2, 0) is 0 Å². The molecule has 68 heavy (non-hydrogen) atoms. The number of anilines is 3. The van der Waals surface area contributed by atoms with Crippen molar-refractivity contribution < 1.29 is 0 Å². The molecule has 4 heteroatoms. The summed E-state index contributed by atoms with van der Waals surface area (Å²) in [5, 5.41) is 7.78. The lowest BCUT2D eigenvalue weighted by Gasteiger charge is -2.41. The van der Waals surface area contributed by atoms with E-state index in [1.165, 1.54) is 132 Å². The highest BCUT2D eigenvalue weighted by atomic mass is 15.2. The molecule has 2 aromatic heterocycles. The highest BCUT2D eigenvalue weighted by Gasteiger charge is 2.44. The average molecular weight is 860 g/mol. The summed E-state index contributed by atoms with van der Waals surface area (Å²) in [5.41, 5.74) is 24.8. The Bertz CT molecular complexity index is 4260. The molecular formula is C64H38BN3. The fourth-order valence-corrected chi connectivity index (χ4v) is 12.6. The van der Waals surface area contributed by atoms with Crippen LogP contribution in [0.25, 0.3) is 110 Å². The Morgan fingerprint density at radius 2 is 0.912 bits per heavy atom. The van der Waals surface area contributed by atoms with Crippen molar-refractivity contribution in [2.24, 2.45) is 0 Å². The second-order valence-corrected chi connectivity index (χ2v) is 18.8. The number of hydrogen-bond donors (Lipinski definition) is 0. The fraction of sp³-hybridized carbons (Fsp3) is 0. The first kappa shape index (κ1) is 36.4. The number of fused-ring (bicyclic) bond motifs is 11. The first-order valence-electron chi connectivity index (χ1n) is 23.7. The van der Waals surface area contributed by atoms with Crippen LogP contribution in [0.5, 0.6) is 0 Å². The summed E-state index contributed by atoms with van der Waals surface area (Å²) >= 11 is 0. The first-order chi connectivity index (χ1) is 33.8. The van der Waals surface area contributed by atoms with Crippen molar-refractivity contribution in [2.75, 3.05) is 4.90 Å². The maximum Gasteiger partial charge on any atom is 0.252 e. The van der Waals surface area contributed by atoms with Gasteiger partial charge in [-0.05, 0) is 120 Å². The maximum absolute atomic E-state index is 2.66. The molecule has 0 fully saturated rings. The predicted octanol–water partition coefficient (Wildman–Crippen LogP) is 14.6. The van der Waals surface area contributed by atoms with Gasteiger partial charge in [0.2, 0.25) is 0 Å². The molecule has 16 rings (SSSR count). The summed E-state index contributed by atoms with van der Waals surface area (Å²) in [7, 11) is 0. The van der Waals surface area contributed by atoms with Crippen LogP contribution in [0.4, 0.5) is 17.1 Å². The van der Waals surface area contributed by atoms with Gasteiger partial charge in [-0.1, -0.05) is 182 Å². The Kier molecular flexibility index (Phi) is 7.15. The highest BCUT2D eigenvalue weighted by Crippen LogP contribution is 2.51. The van der Waals surface area contributed by atoms with Crippen LogP contribution in [0.15, 0.2) is 231 Å². The molecule has 0 bridgehead atoms. The number of nitrogens with zero attached hydrogens (tertiary/aromatic N) is 3. The molecular weight excluding hydrogens is 822 g/mol. The highest BCUT2D eigenvalue weighted by molar-refractivity contribution is 7.00. The first-order valence-corrected chi connectivity index (χ1v) is 23.7. The average Bonchev–Trinajstić information content (AvgIpc) is 3.90. The molecule has 312 valence electrons. The van der Waals surface area contributed by atoms with E-state index in [0.717, 1.165) is 11.4 Å². The van der Waals surface area contributed by atoms with Crippen LogP contribution >= 0.6 is 0 Å². The minimum absolute atomic E-state index is 0.0409. The topological polar surface area (TPSA) is 13.1 Å². The molecule has 0 radical (unpaired) electrons. The van der Waals surface area contributed by atoms with E-state index in [9.17, 15) is 0 Å². The normalized spacial score (nSPS) is 12.9. The zero-order chi connectivity index (χ0) is 44.2. The molecule has 3 aliphatic rings. The summed E-state index contributed by atoms with van der Waals surface area (Å²) in [4.78, 5) is 2.56. The Hall–Kier alpha value is -8.86. The summed E-state index contributed by atoms with van der Waals surface area (Å²) in [5.74, 6) is 0. The van der Waals surface area contributed by atoms with E-state index < -0.39 is 0 Å². The zero-order valence-corrected chi connectivity index (χ0v) is 36.9. The monoisotopic (exact) mass is 859 g/mol. The molecule has 0 atom stereocenters. The van der Waals surface area contributed by atoms with Crippen LogP contribution < -0.4 is 21.3 Å². The minimum atomic E-state index is -0.0409. The quantitative estimate of drug-likeness (QED) is 0.161. The molecule has 0 spiro atoms. The Morgan fingerprint density at radius 3 is 1.65 bits per heavy atom. The molecule has 0 amide bonds. The van der Waals surface area contributed by atoms with Gasteiger partial charge in [-0.3, -0.25) is 0 Å². The van der Waals surface area contributed by atoms with E-state index in [4.69, 9.17) is 0 Å². The van der Waals surface area contributed by atoms with E-state index in [-0.39, 0.29) is 6.71 Å². The predicted molar refractivity (Wildman–Crippen MR) is 287 cm³/mol. The molecule has 3 nitrogen and oxygen atoms in total. The van der Waals surface area contributed by atoms with Gasteiger partial charge in [0, 0.05) is 44.3 Å². The van der Waals surface area contributed by atoms with Crippen molar-refractivity contribution in [3.8, 4) is 55.9 Å². The Labute approximate surface area is 393 Å². The van der Waals surface area contributed by atoms with Crippen molar-refractivity contribution in [3.63, 3.8) is 0 Å². The van der Waals surface area contributed by atoms with Crippen molar-refractivity contribution in [2.45, 2.75) is 0 Å². The van der Waals surface area contributed by atoms with Gasteiger partial charge >= 0.3 is 0 Å². The van der Waals surface area contributed by atoms with Gasteiger partial charge in [-0.15, -0.1) is 0 Å². The summed E-state index contributed by atoms with van der Waals surface area (Å²) < 4.78 is 5.16. The van der Waals surface area contributed by atoms with Crippen LogP contribution in [0, 0.1) is 0 Å². The molecule has 0 saturated carbocycles. The van der Waals surface area contributed by atoms with E-state index in [2.05, 4.69) is 245 Å². The maximum atomic E-state index is 2.66. The van der Waals surface area contributed by atoms with Crippen LogP contribution in [0.2, 0.25) is 0 Å².